The van der Waals surface area contributed by atoms with Crippen molar-refractivity contribution in [3.8, 4) is 5.75 Å². The molecule has 3 aromatic rings. The maximum absolute atomic E-state index is 13.3. The standard InChI is InChI=1S/C23H25NO5S/c1-4-29-23(25)15-20(17-11-9-16(2)10-12-17)24-30(26,27)22-14-13-21(28-3)18-7-5-6-8-19(18)22/h5-14,20,24H,4,15H2,1-3H3/t20-/m1/s1. The van der Waals surface area contributed by atoms with Crippen molar-refractivity contribution in [2.45, 2.75) is 31.2 Å². The molecule has 0 amide bonds. The van der Waals surface area contributed by atoms with Crippen molar-refractivity contribution in [2.24, 2.45) is 0 Å². The van der Waals surface area contributed by atoms with Gasteiger partial charge in [-0.25, -0.2) is 13.1 Å². The Morgan fingerprint density at radius 1 is 1.00 bits per heavy atom. The van der Waals surface area contributed by atoms with E-state index in [1.165, 1.54) is 6.07 Å². The summed E-state index contributed by atoms with van der Waals surface area (Å²) < 4.78 is 39.8. The average molecular weight is 428 g/mol. The summed E-state index contributed by atoms with van der Waals surface area (Å²) in [4.78, 5) is 12.3. The number of methoxy groups -OCH3 is 1. The van der Waals surface area contributed by atoms with Crippen LogP contribution in [0.1, 0.15) is 30.5 Å². The number of carbonyl (C=O) groups is 1. The highest BCUT2D eigenvalue weighted by molar-refractivity contribution is 7.89. The van der Waals surface area contributed by atoms with Crippen LogP contribution in [0.2, 0.25) is 0 Å². The average Bonchev–Trinajstić information content (AvgIpc) is 2.73. The summed E-state index contributed by atoms with van der Waals surface area (Å²) in [5.41, 5.74) is 1.73. The van der Waals surface area contributed by atoms with Gasteiger partial charge in [-0.05, 0) is 31.5 Å². The highest BCUT2D eigenvalue weighted by Gasteiger charge is 2.26. The van der Waals surface area contributed by atoms with Crippen molar-refractivity contribution in [1.29, 1.82) is 0 Å². The maximum Gasteiger partial charge on any atom is 0.307 e. The number of carbonyl (C=O) groups excluding carboxylic acids is 1. The Hall–Kier alpha value is -2.90. The number of hydrogen-bond acceptors (Lipinski definition) is 5. The van der Waals surface area contributed by atoms with Crippen molar-refractivity contribution in [1.82, 2.24) is 4.72 Å². The molecule has 7 heteroatoms. The zero-order chi connectivity index (χ0) is 21.7. The zero-order valence-electron chi connectivity index (χ0n) is 17.2. The number of sulfonamides is 1. The number of nitrogens with one attached hydrogen (secondary N) is 1. The normalized spacial score (nSPS) is 12.5. The Bertz CT molecular complexity index is 1140. The summed E-state index contributed by atoms with van der Waals surface area (Å²) in [6.45, 7) is 3.89. The summed E-state index contributed by atoms with van der Waals surface area (Å²) in [5.74, 6) is 0.122. The van der Waals surface area contributed by atoms with Crippen molar-refractivity contribution in [3.05, 3.63) is 71.8 Å². The van der Waals surface area contributed by atoms with E-state index in [1.54, 1.807) is 32.2 Å². The minimum absolute atomic E-state index is 0.107. The fraction of sp³-hybridized carbons (Fsp3) is 0.261. The lowest BCUT2D eigenvalue weighted by Crippen LogP contribution is -2.31. The predicted octanol–water partition coefficient (Wildman–Crippen LogP) is 4.13. The quantitative estimate of drug-likeness (QED) is 0.547. The van der Waals surface area contributed by atoms with Crippen LogP contribution in [0.15, 0.2) is 65.6 Å². The summed E-state index contributed by atoms with van der Waals surface area (Å²) in [6.07, 6.45) is -0.107. The highest BCUT2D eigenvalue weighted by atomic mass is 32.2. The van der Waals surface area contributed by atoms with E-state index in [0.29, 0.717) is 22.1 Å². The van der Waals surface area contributed by atoms with Gasteiger partial charge in [0.1, 0.15) is 5.75 Å². The lowest BCUT2D eigenvalue weighted by atomic mass is 10.0. The molecule has 158 valence electrons. The van der Waals surface area contributed by atoms with E-state index in [2.05, 4.69) is 4.72 Å². The number of rotatable bonds is 8. The number of aryl methyl sites for hydroxylation is 1. The fourth-order valence-corrected chi connectivity index (χ4v) is 4.76. The highest BCUT2D eigenvalue weighted by Crippen LogP contribution is 2.32. The third-order valence-corrected chi connectivity index (χ3v) is 6.34. The van der Waals surface area contributed by atoms with Gasteiger partial charge in [-0.3, -0.25) is 4.79 Å². The van der Waals surface area contributed by atoms with Crippen LogP contribution in [0.5, 0.6) is 5.75 Å². The van der Waals surface area contributed by atoms with Crippen LogP contribution in [0.4, 0.5) is 0 Å². The summed E-state index contributed by atoms with van der Waals surface area (Å²) in [5, 5.41) is 1.24. The minimum Gasteiger partial charge on any atom is -0.496 e. The molecule has 1 N–H and O–H groups in total. The molecule has 0 fully saturated rings. The molecular weight excluding hydrogens is 402 g/mol. The molecule has 0 aromatic heterocycles. The number of benzene rings is 3. The first-order chi connectivity index (χ1) is 14.4. The molecule has 30 heavy (non-hydrogen) atoms. The Morgan fingerprint density at radius 3 is 2.30 bits per heavy atom. The molecule has 0 spiro atoms. The molecule has 3 rings (SSSR count). The van der Waals surface area contributed by atoms with Crippen molar-refractivity contribution < 1.29 is 22.7 Å². The number of ether oxygens (including phenoxy) is 2. The Kier molecular flexibility index (Phi) is 6.74. The van der Waals surface area contributed by atoms with Crippen LogP contribution >= 0.6 is 0 Å². The van der Waals surface area contributed by atoms with Crippen molar-refractivity contribution in [2.75, 3.05) is 13.7 Å². The molecule has 3 aromatic carbocycles. The van der Waals surface area contributed by atoms with Gasteiger partial charge in [-0.2, -0.15) is 0 Å². The van der Waals surface area contributed by atoms with Gasteiger partial charge in [0.25, 0.3) is 0 Å². The van der Waals surface area contributed by atoms with Crippen LogP contribution < -0.4 is 9.46 Å². The SMILES string of the molecule is CCOC(=O)C[C@@H](NS(=O)(=O)c1ccc(OC)c2ccccc12)c1ccc(C)cc1. The van der Waals surface area contributed by atoms with E-state index >= 15 is 0 Å². The first-order valence-corrected chi connectivity index (χ1v) is 11.1. The molecule has 0 unspecified atom stereocenters. The van der Waals surface area contributed by atoms with E-state index in [0.717, 1.165) is 5.56 Å². The number of fused-ring (bicyclic) bond motifs is 1. The summed E-state index contributed by atoms with van der Waals surface area (Å²) in [7, 11) is -2.40. The molecule has 0 radical (unpaired) electrons. The fourth-order valence-electron chi connectivity index (χ4n) is 3.32. The summed E-state index contributed by atoms with van der Waals surface area (Å²) in [6, 6.07) is 16.9. The molecule has 0 aliphatic rings. The topological polar surface area (TPSA) is 81.7 Å². The molecule has 1 atom stereocenters. The molecule has 0 heterocycles. The molecule has 0 saturated heterocycles. The van der Waals surface area contributed by atoms with Gasteiger partial charge in [0, 0.05) is 10.8 Å². The maximum atomic E-state index is 13.3. The first kappa shape index (κ1) is 21.8. The van der Waals surface area contributed by atoms with Crippen LogP contribution in [0.3, 0.4) is 0 Å². The molecule has 0 bridgehead atoms. The third kappa shape index (κ3) is 4.80. The second-order valence-corrected chi connectivity index (χ2v) is 8.59. The van der Waals surface area contributed by atoms with Crippen molar-refractivity contribution in [3.63, 3.8) is 0 Å². The number of hydrogen-bond donors (Lipinski definition) is 1. The van der Waals surface area contributed by atoms with E-state index in [1.807, 2.05) is 43.3 Å². The molecule has 6 nitrogen and oxygen atoms in total. The Balaban J connectivity index is 2.02. The first-order valence-electron chi connectivity index (χ1n) is 9.66. The van der Waals surface area contributed by atoms with Crippen molar-refractivity contribution >= 4 is 26.8 Å². The monoisotopic (exact) mass is 427 g/mol. The van der Waals surface area contributed by atoms with E-state index < -0.39 is 22.0 Å². The molecule has 0 aliphatic heterocycles. The second-order valence-electron chi connectivity index (χ2n) is 6.91. The smallest absolute Gasteiger partial charge is 0.307 e. The Labute approximate surface area is 176 Å². The second kappa shape index (κ2) is 9.28. The van der Waals surface area contributed by atoms with E-state index in [4.69, 9.17) is 9.47 Å². The van der Waals surface area contributed by atoms with Gasteiger partial charge in [-0.15, -0.1) is 0 Å². The van der Waals surface area contributed by atoms with Crippen LogP contribution in [0.25, 0.3) is 10.8 Å². The van der Waals surface area contributed by atoms with E-state index in [9.17, 15) is 13.2 Å². The van der Waals surface area contributed by atoms with Crippen LogP contribution in [-0.4, -0.2) is 28.1 Å². The van der Waals surface area contributed by atoms with E-state index in [-0.39, 0.29) is 17.9 Å². The van der Waals surface area contributed by atoms with Crippen LogP contribution in [-0.2, 0) is 19.6 Å². The van der Waals surface area contributed by atoms with Gasteiger partial charge in [0.05, 0.1) is 31.1 Å². The summed E-state index contributed by atoms with van der Waals surface area (Å²) >= 11 is 0. The van der Waals surface area contributed by atoms with Gasteiger partial charge < -0.3 is 9.47 Å². The van der Waals surface area contributed by atoms with Gasteiger partial charge in [0.15, 0.2) is 0 Å². The minimum atomic E-state index is -3.94. The van der Waals surface area contributed by atoms with Gasteiger partial charge >= 0.3 is 5.97 Å². The Morgan fingerprint density at radius 2 is 1.67 bits per heavy atom. The third-order valence-electron chi connectivity index (χ3n) is 4.81. The van der Waals surface area contributed by atoms with Crippen LogP contribution in [0, 0.1) is 6.92 Å². The molecule has 0 aliphatic carbocycles. The molecule has 0 saturated carbocycles. The number of esters is 1. The largest absolute Gasteiger partial charge is 0.496 e. The zero-order valence-corrected chi connectivity index (χ0v) is 18.0. The predicted molar refractivity (Wildman–Crippen MR) is 116 cm³/mol. The lowest BCUT2D eigenvalue weighted by molar-refractivity contribution is -0.143. The van der Waals surface area contributed by atoms with Gasteiger partial charge in [0.2, 0.25) is 10.0 Å². The van der Waals surface area contributed by atoms with Gasteiger partial charge in [-0.1, -0.05) is 54.1 Å². The lowest BCUT2D eigenvalue weighted by Gasteiger charge is -2.20. The molecular formula is C23H25NO5S.